The number of halogens is 1. The zero-order valence-electron chi connectivity index (χ0n) is 12.6. The molecular formula is C16H13ClN2O4S. The number of nitrogens with one attached hydrogen (secondary N) is 2. The number of aryl methyl sites for hydroxylation is 1. The third-order valence-electron chi connectivity index (χ3n) is 3.47. The molecule has 0 unspecified atom stereocenters. The second-order valence-electron chi connectivity index (χ2n) is 5.49. The summed E-state index contributed by atoms with van der Waals surface area (Å²) in [4.78, 5) is 23.7. The molecule has 2 aromatic carbocycles. The fourth-order valence-electron chi connectivity index (χ4n) is 2.47. The first-order valence-electron chi connectivity index (χ1n) is 7.00. The van der Waals surface area contributed by atoms with E-state index in [1.165, 1.54) is 24.3 Å². The Balaban J connectivity index is 1.92. The fraction of sp³-hybridized carbons (Fsp3) is 0.125. The van der Waals surface area contributed by atoms with Crippen molar-refractivity contribution in [3.8, 4) is 0 Å². The maximum Gasteiger partial charge on any atom is 0.255 e. The first kappa shape index (κ1) is 16.5. The minimum Gasteiger partial charge on any atom is -0.324 e. The number of hydrogen-bond acceptors (Lipinski definition) is 4. The minimum absolute atomic E-state index is 0.0119. The topological polar surface area (TPSA) is 92.3 Å². The first-order chi connectivity index (χ1) is 11.2. The summed E-state index contributed by atoms with van der Waals surface area (Å²) in [5.74, 6) is -1.59. The highest BCUT2D eigenvalue weighted by Crippen LogP contribution is 2.29. The van der Waals surface area contributed by atoms with Crippen LogP contribution in [0.5, 0.6) is 0 Å². The highest BCUT2D eigenvalue weighted by atomic mass is 35.5. The van der Waals surface area contributed by atoms with Gasteiger partial charge in [0.2, 0.25) is 5.91 Å². The van der Waals surface area contributed by atoms with E-state index in [1.807, 2.05) is 6.92 Å². The van der Waals surface area contributed by atoms with Gasteiger partial charge in [0.1, 0.15) is 5.75 Å². The van der Waals surface area contributed by atoms with Crippen LogP contribution in [-0.4, -0.2) is 26.0 Å². The number of anilines is 2. The lowest BCUT2D eigenvalue weighted by Crippen LogP contribution is -2.29. The zero-order chi connectivity index (χ0) is 17.5. The van der Waals surface area contributed by atoms with Crippen LogP contribution < -0.4 is 10.6 Å². The number of rotatable bonds is 2. The molecule has 0 spiro atoms. The second kappa shape index (κ2) is 5.92. The van der Waals surface area contributed by atoms with Gasteiger partial charge in [-0.15, -0.1) is 0 Å². The molecule has 24 heavy (non-hydrogen) atoms. The minimum atomic E-state index is -3.71. The summed E-state index contributed by atoms with van der Waals surface area (Å²) in [6, 6.07) is 9.24. The summed E-state index contributed by atoms with van der Waals surface area (Å²) in [6.45, 7) is 1.82. The fourth-order valence-corrected chi connectivity index (χ4v) is 4.09. The Bertz CT molecular complexity index is 950. The summed E-state index contributed by atoms with van der Waals surface area (Å²) < 4.78 is 24.2. The van der Waals surface area contributed by atoms with Crippen LogP contribution in [0, 0.1) is 6.92 Å². The molecule has 124 valence electrons. The van der Waals surface area contributed by atoms with Gasteiger partial charge in [-0.1, -0.05) is 11.6 Å². The number of sulfone groups is 1. The molecule has 8 heteroatoms. The van der Waals surface area contributed by atoms with E-state index in [1.54, 1.807) is 12.1 Å². The van der Waals surface area contributed by atoms with Crippen LogP contribution in [0.1, 0.15) is 15.9 Å². The third-order valence-corrected chi connectivity index (χ3v) is 5.34. The van der Waals surface area contributed by atoms with Crippen molar-refractivity contribution >= 4 is 44.6 Å². The van der Waals surface area contributed by atoms with Crippen molar-refractivity contribution in [1.29, 1.82) is 0 Å². The van der Waals surface area contributed by atoms with Crippen molar-refractivity contribution in [1.82, 2.24) is 0 Å². The predicted molar refractivity (Wildman–Crippen MR) is 91.3 cm³/mol. The average Bonchev–Trinajstić information content (AvgIpc) is 2.46. The maximum atomic E-state index is 12.3. The van der Waals surface area contributed by atoms with Crippen molar-refractivity contribution in [2.45, 2.75) is 11.8 Å². The van der Waals surface area contributed by atoms with Gasteiger partial charge in [-0.2, -0.15) is 0 Å². The molecule has 0 radical (unpaired) electrons. The Morgan fingerprint density at radius 2 is 1.96 bits per heavy atom. The van der Waals surface area contributed by atoms with Gasteiger partial charge in [0.15, 0.2) is 9.84 Å². The van der Waals surface area contributed by atoms with Gasteiger partial charge < -0.3 is 10.6 Å². The van der Waals surface area contributed by atoms with E-state index in [2.05, 4.69) is 10.6 Å². The third kappa shape index (κ3) is 3.27. The van der Waals surface area contributed by atoms with Crippen molar-refractivity contribution in [2.24, 2.45) is 0 Å². The molecule has 0 saturated carbocycles. The Kier molecular flexibility index (Phi) is 4.06. The monoisotopic (exact) mass is 364 g/mol. The van der Waals surface area contributed by atoms with Gasteiger partial charge in [-0.3, -0.25) is 9.59 Å². The number of hydrogen-bond donors (Lipinski definition) is 2. The number of carbonyl (C=O) groups excluding carboxylic acids is 2. The smallest absolute Gasteiger partial charge is 0.255 e. The molecule has 3 rings (SSSR count). The summed E-state index contributed by atoms with van der Waals surface area (Å²) in [7, 11) is -3.71. The standard InChI is InChI=1S/C16H13ClN2O4S/c1-9-4-10(6-11(17)5-9)16(21)18-12-2-3-13-14(7-12)24(22,23)8-15(20)19-13/h2-7H,8H2,1H3,(H,18,21)(H,19,20). The SMILES string of the molecule is Cc1cc(Cl)cc(C(=O)Nc2ccc3c(c2)S(=O)(=O)CC(=O)N3)c1. The van der Waals surface area contributed by atoms with Crippen LogP contribution in [0.15, 0.2) is 41.3 Å². The van der Waals surface area contributed by atoms with Crippen molar-refractivity contribution in [3.63, 3.8) is 0 Å². The number of fused-ring (bicyclic) bond motifs is 1. The second-order valence-corrected chi connectivity index (χ2v) is 7.88. The molecule has 1 heterocycles. The van der Waals surface area contributed by atoms with E-state index < -0.39 is 27.4 Å². The lowest BCUT2D eigenvalue weighted by molar-refractivity contribution is -0.114. The molecule has 1 aliphatic heterocycles. The highest BCUT2D eigenvalue weighted by Gasteiger charge is 2.29. The Morgan fingerprint density at radius 1 is 1.21 bits per heavy atom. The summed E-state index contributed by atoms with van der Waals surface area (Å²) >= 11 is 5.94. The summed E-state index contributed by atoms with van der Waals surface area (Å²) in [5, 5.41) is 5.57. The zero-order valence-corrected chi connectivity index (χ0v) is 14.2. The molecule has 6 nitrogen and oxygen atoms in total. The van der Waals surface area contributed by atoms with Crippen LogP contribution >= 0.6 is 11.6 Å². The first-order valence-corrected chi connectivity index (χ1v) is 9.03. The van der Waals surface area contributed by atoms with E-state index in [9.17, 15) is 18.0 Å². The number of carbonyl (C=O) groups is 2. The Labute approximate surface area is 143 Å². The average molecular weight is 365 g/mol. The predicted octanol–water partition coefficient (Wildman–Crippen LogP) is 2.63. The molecule has 2 N–H and O–H groups in total. The van der Waals surface area contributed by atoms with Gasteiger partial charge in [-0.25, -0.2) is 8.42 Å². The quantitative estimate of drug-likeness (QED) is 0.856. The van der Waals surface area contributed by atoms with E-state index >= 15 is 0 Å². The number of amides is 2. The largest absolute Gasteiger partial charge is 0.324 e. The van der Waals surface area contributed by atoms with Crippen LogP contribution in [0.2, 0.25) is 5.02 Å². The summed E-state index contributed by atoms with van der Waals surface area (Å²) in [5.41, 5.74) is 1.73. The molecule has 0 aromatic heterocycles. The van der Waals surface area contributed by atoms with E-state index in [0.29, 0.717) is 16.3 Å². The molecule has 0 fully saturated rings. The Hall–Kier alpha value is -2.38. The van der Waals surface area contributed by atoms with Gasteiger partial charge >= 0.3 is 0 Å². The van der Waals surface area contributed by atoms with Crippen LogP contribution in [0.4, 0.5) is 11.4 Å². The van der Waals surface area contributed by atoms with E-state index in [-0.39, 0.29) is 10.6 Å². The molecule has 0 saturated heterocycles. The van der Waals surface area contributed by atoms with Gasteiger partial charge in [-0.05, 0) is 48.9 Å². The molecule has 0 aliphatic carbocycles. The van der Waals surface area contributed by atoms with Crippen molar-refractivity contribution in [2.75, 3.05) is 16.4 Å². The Morgan fingerprint density at radius 3 is 2.67 bits per heavy atom. The van der Waals surface area contributed by atoms with Crippen molar-refractivity contribution < 1.29 is 18.0 Å². The van der Waals surface area contributed by atoms with Crippen LogP contribution in [-0.2, 0) is 14.6 Å². The molecule has 0 atom stereocenters. The molecule has 2 amide bonds. The van der Waals surface area contributed by atoms with Gasteiger partial charge in [0.05, 0.1) is 10.6 Å². The van der Waals surface area contributed by atoms with E-state index in [4.69, 9.17) is 11.6 Å². The molecule has 0 bridgehead atoms. The van der Waals surface area contributed by atoms with Crippen LogP contribution in [0.25, 0.3) is 0 Å². The highest BCUT2D eigenvalue weighted by molar-refractivity contribution is 7.92. The molecule has 1 aliphatic rings. The molecular weight excluding hydrogens is 352 g/mol. The normalized spacial score (nSPS) is 15.3. The summed E-state index contributed by atoms with van der Waals surface area (Å²) in [6.07, 6.45) is 0. The lowest BCUT2D eigenvalue weighted by atomic mass is 10.1. The van der Waals surface area contributed by atoms with Crippen LogP contribution in [0.3, 0.4) is 0 Å². The van der Waals surface area contributed by atoms with Crippen molar-refractivity contribution in [3.05, 3.63) is 52.5 Å². The van der Waals surface area contributed by atoms with Gasteiger partial charge in [0, 0.05) is 16.3 Å². The van der Waals surface area contributed by atoms with Gasteiger partial charge in [0.25, 0.3) is 5.91 Å². The molecule has 2 aromatic rings. The lowest BCUT2D eigenvalue weighted by Gasteiger charge is -2.18. The maximum absolute atomic E-state index is 12.3. The van der Waals surface area contributed by atoms with E-state index in [0.717, 1.165) is 5.56 Å². The number of benzene rings is 2.